The lowest BCUT2D eigenvalue weighted by Crippen LogP contribution is -2.00. The van der Waals surface area contributed by atoms with E-state index in [-0.39, 0.29) is 0 Å². The molecule has 2 aromatic rings. The minimum atomic E-state index is 0.651. The fourth-order valence-corrected chi connectivity index (χ4v) is 2.43. The van der Waals surface area contributed by atoms with Crippen LogP contribution in [0.5, 0.6) is 11.5 Å². The fraction of sp³-hybridized carbons (Fsp3) is 0.235. The van der Waals surface area contributed by atoms with Gasteiger partial charge in [-0.15, -0.1) is 0 Å². The van der Waals surface area contributed by atoms with Crippen LogP contribution in [0.2, 0.25) is 0 Å². The summed E-state index contributed by atoms with van der Waals surface area (Å²) in [7, 11) is 1.63. The number of ether oxygens (including phenoxy) is 2. The van der Waals surface area contributed by atoms with Gasteiger partial charge in [0, 0.05) is 0 Å². The van der Waals surface area contributed by atoms with Gasteiger partial charge in [0.2, 0.25) is 0 Å². The molecule has 2 aromatic carbocycles. The van der Waals surface area contributed by atoms with E-state index in [1.807, 2.05) is 42.5 Å². The Kier molecular flexibility index (Phi) is 6.27. The van der Waals surface area contributed by atoms with E-state index in [1.165, 1.54) is 0 Å². The van der Waals surface area contributed by atoms with E-state index in [2.05, 4.69) is 33.4 Å². The molecular formula is C17H19BrN2O2. The molecule has 0 saturated carbocycles. The van der Waals surface area contributed by atoms with Crippen molar-refractivity contribution in [3.8, 4) is 11.5 Å². The number of hydrazone groups is 1. The van der Waals surface area contributed by atoms with Crippen molar-refractivity contribution < 1.29 is 9.47 Å². The van der Waals surface area contributed by atoms with E-state index in [0.717, 1.165) is 27.9 Å². The van der Waals surface area contributed by atoms with Crippen LogP contribution in [0.1, 0.15) is 18.9 Å². The van der Waals surface area contributed by atoms with Gasteiger partial charge in [0.15, 0.2) is 11.5 Å². The molecule has 0 heterocycles. The third-order valence-electron chi connectivity index (χ3n) is 2.88. The molecule has 0 unspecified atom stereocenters. The van der Waals surface area contributed by atoms with Crippen molar-refractivity contribution in [1.82, 2.24) is 0 Å². The average Bonchev–Trinajstić information content (AvgIpc) is 2.54. The molecule has 4 nitrogen and oxygen atoms in total. The first-order valence-electron chi connectivity index (χ1n) is 7.09. The summed E-state index contributed by atoms with van der Waals surface area (Å²) in [4.78, 5) is 0. The van der Waals surface area contributed by atoms with Crippen LogP contribution in [0.3, 0.4) is 0 Å². The van der Waals surface area contributed by atoms with Gasteiger partial charge >= 0.3 is 0 Å². The molecule has 22 heavy (non-hydrogen) atoms. The Morgan fingerprint density at radius 2 is 2.00 bits per heavy atom. The van der Waals surface area contributed by atoms with Crippen LogP contribution in [-0.4, -0.2) is 19.9 Å². The Bertz CT molecular complexity index is 630. The second-order valence-corrected chi connectivity index (χ2v) is 5.47. The van der Waals surface area contributed by atoms with Gasteiger partial charge in [-0.3, -0.25) is 5.43 Å². The number of nitrogens with zero attached hydrogens (tertiary/aromatic N) is 1. The number of hydrogen-bond donors (Lipinski definition) is 1. The van der Waals surface area contributed by atoms with E-state index >= 15 is 0 Å². The molecule has 2 rings (SSSR count). The van der Waals surface area contributed by atoms with Crippen molar-refractivity contribution in [3.05, 3.63) is 52.5 Å². The summed E-state index contributed by atoms with van der Waals surface area (Å²) in [5.41, 5.74) is 4.83. The number of hydrogen-bond acceptors (Lipinski definition) is 4. The van der Waals surface area contributed by atoms with Crippen LogP contribution < -0.4 is 14.9 Å². The zero-order chi connectivity index (χ0) is 15.8. The van der Waals surface area contributed by atoms with E-state index in [4.69, 9.17) is 9.47 Å². The number of para-hydroxylation sites is 1. The number of methoxy groups -OCH3 is 1. The maximum Gasteiger partial charge on any atom is 0.175 e. The van der Waals surface area contributed by atoms with Crippen LogP contribution in [0.25, 0.3) is 0 Å². The molecule has 0 bridgehead atoms. The topological polar surface area (TPSA) is 42.8 Å². The van der Waals surface area contributed by atoms with Gasteiger partial charge in [-0.25, -0.2) is 0 Å². The Balaban J connectivity index is 2.12. The molecule has 0 amide bonds. The lowest BCUT2D eigenvalue weighted by Gasteiger charge is -2.12. The summed E-state index contributed by atoms with van der Waals surface area (Å²) in [6.07, 6.45) is 2.68. The van der Waals surface area contributed by atoms with Crippen molar-refractivity contribution in [1.29, 1.82) is 0 Å². The molecule has 0 aliphatic carbocycles. The summed E-state index contributed by atoms with van der Waals surface area (Å²) in [6.45, 7) is 2.72. The molecule has 0 radical (unpaired) electrons. The third kappa shape index (κ3) is 4.49. The maximum absolute atomic E-state index is 5.70. The Labute approximate surface area is 139 Å². The molecule has 0 fully saturated rings. The van der Waals surface area contributed by atoms with Crippen molar-refractivity contribution in [2.45, 2.75) is 13.3 Å². The van der Waals surface area contributed by atoms with E-state index in [9.17, 15) is 0 Å². The predicted molar refractivity (Wildman–Crippen MR) is 94.1 cm³/mol. The average molecular weight is 363 g/mol. The van der Waals surface area contributed by atoms with Gasteiger partial charge in [0.05, 0.1) is 30.1 Å². The van der Waals surface area contributed by atoms with Crippen molar-refractivity contribution in [3.63, 3.8) is 0 Å². The lowest BCUT2D eigenvalue weighted by atomic mass is 10.2. The SMILES string of the molecule is CCCOc1c(Br)cc(C=NNc2ccccc2)cc1OC. The molecule has 1 N–H and O–H groups in total. The summed E-state index contributed by atoms with van der Waals surface area (Å²) in [5, 5.41) is 4.23. The highest BCUT2D eigenvalue weighted by molar-refractivity contribution is 9.10. The lowest BCUT2D eigenvalue weighted by molar-refractivity contribution is 0.292. The minimum absolute atomic E-state index is 0.651. The first-order valence-corrected chi connectivity index (χ1v) is 7.88. The number of halogens is 1. The van der Waals surface area contributed by atoms with Crippen LogP contribution in [0.4, 0.5) is 5.69 Å². The highest BCUT2D eigenvalue weighted by Gasteiger charge is 2.10. The summed E-state index contributed by atoms with van der Waals surface area (Å²) < 4.78 is 11.9. The highest BCUT2D eigenvalue weighted by Crippen LogP contribution is 2.36. The second-order valence-electron chi connectivity index (χ2n) is 4.62. The quantitative estimate of drug-likeness (QED) is 0.573. The number of nitrogens with one attached hydrogen (secondary N) is 1. The first kappa shape index (κ1) is 16.4. The van der Waals surface area contributed by atoms with Gasteiger partial charge in [0.1, 0.15) is 0 Å². The third-order valence-corrected chi connectivity index (χ3v) is 3.47. The molecular weight excluding hydrogens is 344 g/mol. The van der Waals surface area contributed by atoms with Crippen LogP contribution in [-0.2, 0) is 0 Å². The highest BCUT2D eigenvalue weighted by atomic mass is 79.9. The van der Waals surface area contributed by atoms with E-state index in [1.54, 1.807) is 13.3 Å². The molecule has 0 aliphatic rings. The van der Waals surface area contributed by atoms with Crippen molar-refractivity contribution in [2.24, 2.45) is 5.10 Å². The normalized spacial score (nSPS) is 10.7. The molecule has 0 aromatic heterocycles. The van der Waals surface area contributed by atoms with E-state index in [0.29, 0.717) is 12.4 Å². The Morgan fingerprint density at radius 3 is 2.68 bits per heavy atom. The van der Waals surface area contributed by atoms with Crippen LogP contribution in [0.15, 0.2) is 52.0 Å². The van der Waals surface area contributed by atoms with Crippen molar-refractivity contribution >= 4 is 27.8 Å². The monoisotopic (exact) mass is 362 g/mol. The van der Waals surface area contributed by atoms with Gasteiger partial charge in [-0.1, -0.05) is 25.1 Å². The fourth-order valence-electron chi connectivity index (χ4n) is 1.85. The largest absolute Gasteiger partial charge is 0.493 e. The first-order chi connectivity index (χ1) is 10.7. The van der Waals surface area contributed by atoms with Crippen LogP contribution >= 0.6 is 15.9 Å². The van der Waals surface area contributed by atoms with E-state index < -0.39 is 0 Å². The summed E-state index contributed by atoms with van der Waals surface area (Å²) >= 11 is 3.52. The second kappa shape index (κ2) is 8.44. The van der Waals surface area contributed by atoms with Gasteiger partial charge in [-0.05, 0) is 52.2 Å². The molecule has 0 saturated heterocycles. The Morgan fingerprint density at radius 1 is 1.23 bits per heavy atom. The predicted octanol–water partition coefficient (Wildman–Crippen LogP) is 4.69. The number of anilines is 1. The van der Waals surface area contributed by atoms with Gasteiger partial charge in [0.25, 0.3) is 0 Å². The Hall–Kier alpha value is -2.01. The number of benzene rings is 2. The molecule has 0 aliphatic heterocycles. The minimum Gasteiger partial charge on any atom is -0.493 e. The molecule has 5 heteroatoms. The van der Waals surface area contributed by atoms with Crippen LogP contribution in [0, 0.1) is 0 Å². The van der Waals surface area contributed by atoms with Gasteiger partial charge < -0.3 is 9.47 Å². The number of rotatable bonds is 7. The molecule has 116 valence electrons. The molecule has 0 spiro atoms. The van der Waals surface area contributed by atoms with Gasteiger partial charge in [-0.2, -0.15) is 5.10 Å². The smallest absolute Gasteiger partial charge is 0.175 e. The standard InChI is InChI=1S/C17H19BrN2O2/c1-3-9-22-17-15(18)10-13(11-16(17)21-2)12-19-20-14-7-5-4-6-8-14/h4-8,10-12,20H,3,9H2,1-2H3. The summed E-state index contributed by atoms with van der Waals surface area (Å²) in [5.74, 6) is 1.40. The zero-order valence-electron chi connectivity index (χ0n) is 12.7. The zero-order valence-corrected chi connectivity index (χ0v) is 14.3. The van der Waals surface area contributed by atoms with Crippen molar-refractivity contribution in [2.75, 3.05) is 19.1 Å². The molecule has 0 atom stereocenters. The maximum atomic E-state index is 5.70. The summed E-state index contributed by atoms with van der Waals surface area (Å²) in [6, 6.07) is 13.6.